The Hall–Kier alpha value is -1.88. The number of carbonyl (C=O) groups is 1. The lowest BCUT2D eigenvalue weighted by molar-refractivity contribution is -0.115. The summed E-state index contributed by atoms with van der Waals surface area (Å²) in [6.45, 7) is 0. The molecule has 2 aromatic rings. The summed E-state index contributed by atoms with van der Waals surface area (Å²) in [6, 6.07) is 7.47. The van der Waals surface area contributed by atoms with Gasteiger partial charge in [0.2, 0.25) is 5.91 Å². The van der Waals surface area contributed by atoms with Crippen LogP contribution in [-0.4, -0.2) is 15.9 Å². The number of aromatic nitrogens is 2. The molecule has 1 N–H and O–H groups in total. The van der Waals surface area contributed by atoms with Crippen LogP contribution in [0.15, 0.2) is 47.9 Å². The summed E-state index contributed by atoms with van der Waals surface area (Å²) in [7, 11) is 0. The summed E-state index contributed by atoms with van der Waals surface area (Å²) in [4.78, 5) is 20.2. The van der Waals surface area contributed by atoms with E-state index in [-0.39, 0.29) is 5.91 Å². The molecule has 0 unspecified atom stereocenters. The van der Waals surface area contributed by atoms with Crippen LogP contribution in [-0.2, 0) is 11.2 Å². The molecule has 0 fully saturated rings. The van der Waals surface area contributed by atoms with E-state index in [9.17, 15) is 4.79 Å². The Bertz CT molecular complexity index is 499. The molecular weight excluding hydrogens is 234 g/mol. The molecule has 17 heavy (non-hydrogen) atoms. The fraction of sp³-hybridized carbons (Fsp3) is 0.0833. The SMILES string of the molecule is O=C(Cc1ccc(S)cc1)Nc1cncnc1. The second kappa shape index (κ2) is 5.45. The number of nitrogens with zero attached hydrogens (tertiary/aromatic N) is 2. The number of carbonyl (C=O) groups excluding carboxylic acids is 1. The number of hydrogen-bond acceptors (Lipinski definition) is 4. The molecule has 0 atom stereocenters. The second-order valence-corrected chi connectivity index (χ2v) is 4.03. The molecule has 4 nitrogen and oxygen atoms in total. The molecule has 1 amide bonds. The van der Waals surface area contributed by atoms with Gasteiger partial charge in [0.15, 0.2) is 0 Å². The Morgan fingerprint density at radius 2 is 1.82 bits per heavy atom. The highest BCUT2D eigenvalue weighted by Gasteiger charge is 2.03. The van der Waals surface area contributed by atoms with Crippen LogP contribution in [0.1, 0.15) is 5.56 Å². The predicted octanol–water partition coefficient (Wildman–Crippen LogP) is 1.95. The molecule has 0 saturated carbocycles. The number of thiol groups is 1. The van der Waals surface area contributed by atoms with Gasteiger partial charge in [-0.15, -0.1) is 12.6 Å². The van der Waals surface area contributed by atoms with Crippen LogP contribution in [0.3, 0.4) is 0 Å². The van der Waals surface area contributed by atoms with Crippen molar-refractivity contribution in [1.82, 2.24) is 9.97 Å². The third kappa shape index (κ3) is 3.57. The Kier molecular flexibility index (Phi) is 3.72. The number of benzene rings is 1. The molecule has 86 valence electrons. The minimum atomic E-state index is -0.0910. The number of rotatable bonds is 3. The number of anilines is 1. The van der Waals surface area contributed by atoms with Crippen LogP contribution in [0.4, 0.5) is 5.69 Å². The smallest absolute Gasteiger partial charge is 0.228 e. The Morgan fingerprint density at radius 1 is 1.18 bits per heavy atom. The lowest BCUT2D eigenvalue weighted by Gasteiger charge is -2.04. The fourth-order valence-electron chi connectivity index (χ4n) is 1.37. The van der Waals surface area contributed by atoms with E-state index < -0.39 is 0 Å². The fourth-order valence-corrected chi connectivity index (χ4v) is 1.52. The molecule has 5 heteroatoms. The van der Waals surface area contributed by atoms with Crippen molar-refractivity contribution in [3.63, 3.8) is 0 Å². The molecule has 1 heterocycles. The number of nitrogens with one attached hydrogen (secondary N) is 1. The standard InChI is InChI=1S/C12H11N3OS/c16-12(15-10-6-13-8-14-7-10)5-9-1-3-11(17)4-2-9/h1-4,6-8,17H,5H2,(H,15,16). The molecule has 0 spiro atoms. The molecule has 0 saturated heterocycles. The first-order valence-corrected chi connectivity index (χ1v) is 5.51. The first kappa shape index (κ1) is 11.6. The van der Waals surface area contributed by atoms with Crippen LogP contribution in [0.2, 0.25) is 0 Å². The van der Waals surface area contributed by atoms with E-state index in [2.05, 4.69) is 27.9 Å². The molecule has 1 aromatic carbocycles. The van der Waals surface area contributed by atoms with E-state index in [4.69, 9.17) is 0 Å². The molecule has 0 aliphatic heterocycles. The summed E-state index contributed by atoms with van der Waals surface area (Å²) >= 11 is 4.19. The molecule has 2 rings (SSSR count). The number of hydrogen-bond donors (Lipinski definition) is 2. The Morgan fingerprint density at radius 3 is 2.47 bits per heavy atom. The van der Waals surface area contributed by atoms with Crippen molar-refractivity contribution in [3.8, 4) is 0 Å². The van der Waals surface area contributed by atoms with Gasteiger partial charge in [0, 0.05) is 4.90 Å². The maximum atomic E-state index is 11.7. The van der Waals surface area contributed by atoms with Crippen molar-refractivity contribution < 1.29 is 4.79 Å². The molecule has 0 radical (unpaired) electrons. The Labute approximate surface area is 105 Å². The lowest BCUT2D eigenvalue weighted by atomic mass is 10.1. The summed E-state index contributed by atoms with van der Waals surface area (Å²) in [5.74, 6) is -0.0910. The van der Waals surface area contributed by atoms with Crippen LogP contribution in [0, 0.1) is 0 Å². The van der Waals surface area contributed by atoms with Crippen molar-refractivity contribution in [3.05, 3.63) is 48.5 Å². The van der Waals surface area contributed by atoms with Gasteiger partial charge in [0.1, 0.15) is 6.33 Å². The van der Waals surface area contributed by atoms with E-state index in [0.29, 0.717) is 12.1 Å². The van der Waals surface area contributed by atoms with E-state index in [0.717, 1.165) is 10.5 Å². The van der Waals surface area contributed by atoms with Crippen LogP contribution in [0.5, 0.6) is 0 Å². The lowest BCUT2D eigenvalue weighted by Crippen LogP contribution is -2.14. The van der Waals surface area contributed by atoms with E-state index in [1.54, 1.807) is 12.4 Å². The normalized spacial score (nSPS) is 9.94. The van der Waals surface area contributed by atoms with Gasteiger partial charge < -0.3 is 5.32 Å². The van der Waals surface area contributed by atoms with Gasteiger partial charge in [-0.1, -0.05) is 12.1 Å². The first-order chi connectivity index (χ1) is 8.24. The van der Waals surface area contributed by atoms with Crippen molar-refractivity contribution >= 4 is 24.2 Å². The highest BCUT2D eigenvalue weighted by Crippen LogP contribution is 2.09. The zero-order valence-corrected chi connectivity index (χ0v) is 9.89. The first-order valence-electron chi connectivity index (χ1n) is 5.07. The minimum absolute atomic E-state index is 0.0910. The highest BCUT2D eigenvalue weighted by atomic mass is 32.1. The predicted molar refractivity (Wildman–Crippen MR) is 68.1 cm³/mol. The third-order valence-electron chi connectivity index (χ3n) is 2.15. The summed E-state index contributed by atoms with van der Waals surface area (Å²) in [5, 5.41) is 2.72. The van der Waals surface area contributed by atoms with Crippen LogP contribution < -0.4 is 5.32 Å². The average molecular weight is 245 g/mol. The van der Waals surface area contributed by atoms with Crippen LogP contribution >= 0.6 is 12.6 Å². The van der Waals surface area contributed by atoms with Gasteiger partial charge >= 0.3 is 0 Å². The molecule has 0 bridgehead atoms. The third-order valence-corrected chi connectivity index (χ3v) is 2.44. The van der Waals surface area contributed by atoms with Crippen molar-refractivity contribution in [2.75, 3.05) is 5.32 Å². The van der Waals surface area contributed by atoms with Gasteiger partial charge in [-0.2, -0.15) is 0 Å². The molecule has 0 aliphatic carbocycles. The van der Waals surface area contributed by atoms with Crippen molar-refractivity contribution in [2.45, 2.75) is 11.3 Å². The van der Waals surface area contributed by atoms with Crippen molar-refractivity contribution in [2.24, 2.45) is 0 Å². The summed E-state index contributed by atoms with van der Waals surface area (Å²) < 4.78 is 0. The number of amides is 1. The topological polar surface area (TPSA) is 54.9 Å². The zero-order valence-electron chi connectivity index (χ0n) is 9.00. The summed E-state index contributed by atoms with van der Waals surface area (Å²) in [6.07, 6.45) is 4.85. The minimum Gasteiger partial charge on any atom is -0.323 e. The monoisotopic (exact) mass is 245 g/mol. The summed E-state index contributed by atoms with van der Waals surface area (Å²) in [5.41, 5.74) is 1.54. The van der Waals surface area contributed by atoms with Gasteiger partial charge in [0.05, 0.1) is 24.5 Å². The maximum absolute atomic E-state index is 11.7. The van der Waals surface area contributed by atoms with E-state index in [1.807, 2.05) is 24.3 Å². The molecule has 0 aliphatic rings. The largest absolute Gasteiger partial charge is 0.323 e. The van der Waals surface area contributed by atoms with E-state index >= 15 is 0 Å². The second-order valence-electron chi connectivity index (χ2n) is 3.52. The Balaban J connectivity index is 1.96. The van der Waals surface area contributed by atoms with Gasteiger partial charge in [0.25, 0.3) is 0 Å². The van der Waals surface area contributed by atoms with E-state index in [1.165, 1.54) is 6.33 Å². The zero-order chi connectivity index (χ0) is 12.1. The van der Waals surface area contributed by atoms with Gasteiger partial charge in [-0.05, 0) is 17.7 Å². The highest BCUT2D eigenvalue weighted by molar-refractivity contribution is 7.80. The van der Waals surface area contributed by atoms with Gasteiger partial charge in [-0.3, -0.25) is 4.79 Å². The average Bonchev–Trinajstić information content (AvgIpc) is 2.33. The van der Waals surface area contributed by atoms with Crippen molar-refractivity contribution in [1.29, 1.82) is 0 Å². The quantitative estimate of drug-likeness (QED) is 0.813. The maximum Gasteiger partial charge on any atom is 0.228 e. The molecule has 1 aromatic heterocycles. The molecular formula is C12H11N3OS. The van der Waals surface area contributed by atoms with Gasteiger partial charge in [-0.25, -0.2) is 9.97 Å². The van der Waals surface area contributed by atoms with Crippen LogP contribution in [0.25, 0.3) is 0 Å².